The van der Waals surface area contributed by atoms with Crippen molar-refractivity contribution in [2.45, 2.75) is 0 Å². The lowest BCUT2D eigenvalue weighted by atomic mass is 9.99. The maximum atomic E-state index is 12.2. The molecule has 0 saturated carbocycles. The van der Waals surface area contributed by atoms with E-state index in [-0.39, 0.29) is 5.78 Å². The summed E-state index contributed by atoms with van der Waals surface area (Å²) >= 11 is 0. The molecule has 84 valence electrons. The second kappa shape index (κ2) is 5.07. The van der Waals surface area contributed by atoms with Crippen LogP contribution in [0.15, 0.2) is 59.7 Å². The summed E-state index contributed by atoms with van der Waals surface area (Å²) in [7, 11) is 0. The zero-order chi connectivity index (χ0) is 12.1. The van der Waals surface area contributed by atoms with E-state index < -0.39 is 0 Å². The fraction of sp³-hybridized carbons (Fsp3) is 0. The number of hydrogen-bond acceptors (Lipinski definition) is 3. The van der Waals surface area contributed by atoms with Crippen LogP contribution in [0.2, 0.25) is 0 Å². The molecule has 0 atom stereocenters. The molecule has 0 spiro atoms. The summed E-state index contributed by atoms with van der Waals surface area (Å²) in [6.45, 7) is 0. The Balaban J connectivity index is 2.44. The maximum absolute atomic E-state index is 12.2. The van der Waals surface area contributed by atoms with Crippen molar-refractivity contribution in [1.29, 1.82) is 0 Å². The van der Waals surface area contributed by atoms with Gasteiger partial charge >= 0.3 is 0 Å². The monoisotopic (exact) mass is 224 g/mol. The Hall–Kier alpha value is -2.42. The van der Waals surface area contributed by atoms with Crippen LogP contribution >= 0.6 is 0 Å². The van der Waals surface area contributed by atoms with Crippen LogP contribution in [-0.2, 0) is 0 Å². The number of ketones is 1. The molecule has 0 aliphatic heterocycles. The third-order valence-electron chi connectivity index (χ3n) is 2.46. The standard InChI is InChI=1S/C14H12N2O/c15-16-10-12-8-4-5-9-13(12)14(17)11-6-2-1-3-7-11/h1-10H,15H2. The summed E-state index contributed by atoms with van der Waals surface area (Å²) in [5.41, 5.74) is 1.99. The lowest BCUT2D eigenvalue weighted by Crippen LogP contribution is -2.05. The molecule has 2 aromatic rings. The molecular weight excluding hydrogens is 212 g/mol. The molecule has 0 unspecified atom stereocenters. The van der Waals surface area contributed by atoms with Gasteiger partial charge < -0.3 is 5.84 Å². The average Bonchev–Trinajstić information content (AvgIpc) is 2.40. The van der Waals surface area contributed by atoms with Crippen molar-refractivity contribution in [1.82, 2.24) is 0 Å². The van der Waals surface area contributed by atoms with Crippen LogP contribution in [0.1, 0.15) is 21.5 Å². The molecule has 0 radical (unpaired) electrons. The third-order valence-corrected chi connectivity index (χ3v) is 2.46. The van der Waals surface area contributed by atoms with E-state index in [1.807, 2.05) is 36.4 Å². The van der Waals surface area contributed by atoms with Crippen LogP contribution in [0.4, 0.5) is 0 Å². The van der Waals surface area contributed by atoms with Gasteiger partial charge in [-0.1, -0.05) is 54.6 Å². The lowest BCUT2D eigenvalue weighted by molar-refractivity contribution is 0.103. The quantitative estimate of drug-likeness (QED) is 0.376. The first kappa shape index (κ1) is 11.1. The second-order valence-corrected chi connectivity index (χ2v) is 3.56. The second-order valence-electron chi connectivity index (χ2n) is 3.56. The number of benzene rings is 2. The van der Waals surface area contributed by atoms with E-state index in [4.69, 9.17) is 5.84 Å². The van der Waals surface area contributed by atoms with Crippen molar-refractivity contribution in [2.75, 3.05) is 0 Å². The predicted molar refractivity (Wildman–Crippen MR) is 68.1 cm³/mol. The third kappa shape index (κ3) is 2.39. The molecule has 0 fully saturated rings. The van der Waals surface area contributed by atoms with Gasteiger partial charge in [0.05, 0.1) is 6.21 Å². The number of hydrazone groups is 1. The zero-order valence-corrected chi connectivity index (χ0v) is 9.21. The Morgan fingerprint density at radius 3 is 2.35 bits per heavy atom. The fourth-order valence-corrected chi connectivity index (χ4v) is 1.64. The van der Waals surface area contributed by atoms with Crippen LogP contribution in [0, 0.1) is 0 Å². The summed E-state index contributed by atoms with van der Waals surface area (Å²) in [5, 5.41) is 3.47. The van der Waals surface area contributed by atoms with Crippen LogP contribution in [0.25, 0.3) is 0 Å². The number of nitrogens with two attached hydrogens (primary N) is 1. The van der Waals surface area contributed by atoms with Crippen LogP contribution in [0.5, 0.6) is 0 Å². The molecule has 2 N–H and O–H groups in total. The summed E-state index contributed by atoms with van der Waals surface area (Å²) in [5.74, 6) is 5.10. The average molecular weight is 224 g/mol. The summed E-state index contributed by atoms with van der Waals surface area (Å²) < 4.78 is 0. The van der Waals surface area contributed by atoms with E-state index in [9.17, 15) is 4.79 Å². The van der Waals surface area contributed by atoms with E-state index in [2.05, 4.69) is 5.10 Å². The number of carbonyl (C=O) groups is 1. The van der Waals surface area contributed by atoms with Crippen LogP contribution in [0.3, 0.4) is 0 Å². The van der Waals surface area contributed by atoms with Gasteiger partial charge in [-0.2, -0.15) is 5.10 Å². The maximum Gasteiger partial charge on any atom is 0.193 e. The highest BCUT2D eigenvalue weighted by Gasteiger charge is 2.11. The number of hydrogen-bond donors (Lipinski definition) is 1. The SMILES string of the molecule is NN=Cc1ccccc1C(=O)c1ccccc1. The van der Waals surface area contributed by atoms with E-state index in [1.165, 1.54) is 6.21 Å². The molecule has 0 heterocycles. The fourth-order valence-electron chi connectivity index (χ4n) is 1.64. The van der Waals surface area contributed by atoms with Crippen molar-refractivity contribution in [3.63, 3.8) is 0 Å². The minimum Gasteiger partial charge on any atom is -0.323 e. The number of rotatable bonds is 3. The zero-order valence-electron chi connectivity index (χ0n) is 9.21. The minimum absolute atomic E-state index is 0.0268. The smallest absolute Gasteiger partial charge is 0.193 e. The van der Waals surface area contributed by atoms with Crippen LogP contribution < -0.4 is 5.84 Å². The van der Waals surface area contributed by atoms with Crippen LogP contribution in [-0.4, -0.2) is 12.0 Å². The Kier molecular flexibility index (Phi) is 3.31. The highest BCUT2D eigenvalue weighted by atomic mass is 16.1. The van der Waals surface area contributed by atoms with E-state index in [0.717, 1.165) is 5.56 Å². The van der Waals surface area contributed by atoms with Crippen molar-refractivity contribution < 1.29 is 4.79 Å². The van der Waals surface area contributed by atoms with Crippen molar-refractivity contribution in [3.8, 4) is 0 Å². The Bertz CT molecular complexity index is 547. The van der Waals surface area contributed by atoms with Crippen molar-refractivity contribution >= 4 is 12.0 Å². The minimum atomic E-state index is -0.0268. The largest absolute Gasteiger partial charge is 0.323 e. The molecule has 0 aliphatic carbocycles. The first-order valence-corrected chi connectivity index (χ1v) is 5.25. The van der Waals surface area contributed by atoms with Gasteiger partial charge in [0, 0.05) is 16.7 Å². The van der Waals surface area contributed by atoms with E-state index in [0.29, 0.717) is 11.1 Å². The normalized spacial score (nSPS) is 10.6. The van der Waals surface area contributed by atoms with Gasteiger partial charge in [0.1, 0.15) is 0 Å². The molecule has 0 bridgehead atoms. The molecule has 17 heavy (non-hydrogen) atoms. The Labute approximate surface area is 99.6 Å². The topological polar surface area (TPSA) is 55.4 Å². The first-order valence-electron chi connectivity index (χ1n) is 5.25. The molecule has 0 amide bonds. The predicted octanol–water partition coefficient (Wildman–Crippen LogP) is 2.21. The Morgan fingerprint density at radius 2 is 1.65 bits per heavy atom. The molecule has 3 nitrogen and oxygen atoms in total. The van der Waals surface area contributed by atoms with Gasteiger partial charge in [-0.25, -0.2) is 0 Å². The number of nitrogens with zero attached hydrogens (tertiary/aromatic N) is 1. The van der Waals surface area contributed by atoms with E-state index in [1.54, 1.807) is 18.2 Å². The molecule has 2 rings (SSSR count). The highest BCUT2D eigenvalue weighted by molar-refractivity contribution is 6.13. The molecule has 0 aromatic heterocycles. The van der Waals surface area contributed by atoms with Gasteiger partial charge in [-0.05, 0) is 0 Å². The van der Waals surface area contributed by atoms with Crippen molar-refractivity contribution in [2.24, 2.45) is 10.9 Å². The molecular formula is C14H12N2O. The number of carbonyl (C=O) groups excluding carboxylic acids is 1. The molecule has 2 aromatic carbocycles. The summed E-state index contributed by atoms with van der Waals surface area (Å²) in [6, 6.07) is 16.4. The first-order chi connectivity index (χ1) is 8.33. The Morgan fingerprint density at radius 1 is 1.00 bits per heavy atom. The van der Waals surface area contributed by atoms with Gasteiger partial charge in [0.25, 0.3) is 0 Å². The van der Waals surface area contributed by atoms with Gasteiger partial charge in [0.15, 0.2) is 5.78 Å². The lowest BCUT2D eigenvalue weighted by Gasteiger charge is -2.04. The van der Waals surface area contributed by atoms with Gasteiger partial charge in [-0.15, -0.1) is 0 Å². The van der Waals surface area contributed by atoms with Gasteiger partial charge in [0.2, 0.25) is 0 Å². The molecule has 0 saturated heterocycles. The molecule has 0 aliphatic rings. The summed E-state index contributed by atoms with van der Waals surface area (Å²) in [6.07, 6.45) is 1.48. The van der Waals surface area contributed by atoms with Crippen molar-refractivity contribution in [3.05, 3.63) is 71.3 Å². The van der Waals surface area contributed by atoms with E-state index >= 15 is 0 Å². The highest BCUT2D eigenvalue weighted by Crippen LogP contribution is 2.13. The summed E-state index contributed by atoms with van der Waals surface area (Å²) in [4.78, 5) is 12.2. The van der Waals surface area contributed by atoms with Gasteiger partial charge in [-0.3, -0.25) is 4.79 Å². The molecule has 3 heteroatoms.